The molecule has 0 atom stereocenters. The van der Waals surface area contributed by atoms with Gasteiger partial charge in [0.25, 0.3) is 0 Å². The predicted molar refractivity (Wildman–Crippen MR) is 80.1 cm³/mol. The third-order valence-electron chi connectivity index (χ3n) is 3.02. The number of carbonyl (C=O) groups excluding carboxylic acids is 1. The van der Waals surface area contributed by atoms with E-state index in [9.17, 15) is 14.7 Å². The molecule has 0 fully saturated rings. The number of carboxylic acid groups (broad SMARTS) is 1. The van der Waals surface area contributed by atoms with Gasteiger partial charge < -0.3 is 9.67 Å². The lowest BCUT2D eigenvalue weighted by atomic mass is 10.2. The van der Waals surface area contributed by atoms with Crippen LogP contribution in [0.4, 0.5) is 0 Å². The number of fused-ring (bicyclic) bond motifs is 1. The van der Waals surface area contributed by atoms with Gasteiger partial charge >= 0.3 is 5.97 Å². The molecule has 2 rings (SSSR count). The monoisotopic (exact) mass is 305 g/mol. The molecule has 0 spiro atoms. The van der Waals surface area contributed by atoms with Gasteiger partial charge in [-0.1, -0.05) is 6.07 Å². The predicted octanol–water partition coefficient (Wildman–Crippen LogP) is 1.96. The number of hydrogen-bond donors (Lipinski definition) is 1. The molecule has 0 aliphatic carbocycles. The van der Waals surface area contributed by atoms with Crippen LogP contribution in [0.2, 0.25) is 0 Å². The average Bonchev–Trinajstić information content (AvgIpc) is 2.73. The molecular weight excluding hydrogens is 286 g/mol. The molecular formula is C15H19N3O4. The van der Waals surface area contributed by atoms with Gasteiger partial charge in [0.05, 0.1) is 22.2 Å². The Morgan fingerprint density at radius 3 is 2.68 bits per heavy atom. The van der Waals surface area contributed by atoms with Crippen LogP contribution in [0.25, 0.3) is 11.0 Å². The summed E-state index contributed by atoms with van der Waals surface area (Å²) in [6, 6.07) is 4.91. The van der Waals surface area contributed by atoms with Gasteiger partial charge in [0, 0.05) is 7.05 Å². The molecule has 118 valence electrons. The summed E-state index contributed by atoms with van der Waals surface area (Å²) >= 11 is 0. The Labute approximate surface area is 128 Å². The highest BCUT2D eigenvalue weighted by atomic mass is 16.7. The van der Waals surface area contributed by atoms with Crippen molar-refractivity contribution in [3.05, 3.63) is 29.6 Å². The number of aromatic nitrogens is 2. The molecule has 0 saturated heterocycles. The van der Waals surface area contributed by atoms with Crippen molar-refractivity contribution < 1.29 is 19.5 Å². The zero-order valence-corrected chi connectivity index (χ0v) is 13.0. The normalized spacial score (nSPS) is 11.6. The summed E-state index contributed by atoms with van der Waals surface area (Å²) in [6.07, 6.45) is 0.586. The van der Waals surface area contributed by atoms with Crippen molar-refractivity contribution in [3.63, 3.8) is 0 Å². The van der Waals surface area contributed by atoms with Crippen molar-refractivity contribution in [2.75, 3.05) is 0 Å². The van der Waals surface area contributed by atoms with Gasteiger partial charge in [0.1, 0.15) is 12.4 Å². The van der Waals surface area contributed by atoms with E-state index < -0.39 is 11.6 Å². The van der Waals surface area contributed by atoms with Gasteiger partial charge in [-0.3, -0.25) is 9.63 Å². The van der Waals surface area contributed by atoms with Crippen LogP contribution < -0.4 is 0 Å². The van der Waals surface area contributed by atoms with E-state index in [-0.39, 0.29) is 12.1 Å². The zero-order valence-electron chi connectivity index (χ0n) is 13.0. The molecule has 0 bridgehead atoms. The van der Waals surface area contributed by atoms with E-state index in [1.807, 2.05) is 20.8 Å². The minimum absolute atomic E-state index is 0.130. The molecule has 0 aliphatic rings. The maximum atomic E-state index is 11.3. The lowest BCUT2D eigenvalue weighted by molar-refractivity contribution is -0.221. The number of carbonyl (C=O) groups is 2. The molecule has 0 saturated carbocycles. The average molecular weight is 305 g/mol. The summed E-state index contributed by atoms with van der Waals surface area (Å²) in [5, 5.41) is 10.4. The maximum absolute atomic E-state index is 11.3. The molecule has 1 amide bonds. The Morgan fingerprint density at radius 2 is 2.14 bits per heavy atom. The van der Waals surface area contributed by atoms with Crippen LogP contribution in [0, 0.1) is 0 Å². The highest BCUT2D eigenvalue weighted by Gasteiger charge is 2.20. The fourth-order valence-corrected chi connectivity index (χ4v) is 2.21. The smallest absolute Gasteiger partial charge is 0.337 e. The Morgan fingerprint density at radius 1 is 1.45 bits per heavy atom. The van der Waals surface area contributed by atoms with E-state index in [0.717, 1.165) is 5.06 Å². The minimum atomic E-state index is -1.02. The summed E-state index contributed by atoms with van der Waals surface area (Å²) in [4.78, 5) is 32.4. The van der Waals surface area contributed by atoms with Crippen LogP contribution in [0.15, 0.2) is 18.2 Å². The van der Waals surface area contributed by atoms with Crippen LogP contribution in [-0.2, 0) is 23.2 Å². The van der Waals surface area contributed by atoms with E-state index >= 15 is 0 Å². The molecule has 2 aromatic rings. The van der Waals surface area contributed by atoms with Crippen LogP contribution in [0.5, 0.6) is 0 Å². The number of imidazole rings is 1. The number of aryl methyl sites for hydroxylation is 1. The second-order valence-electron chi connectivity index (χ2n) is 5.95. The Kier molecular flexibility index (Phi) is 4.18. The Balaban J connectivity index is 2.40. The summed E-state index contributed by atoms with van der Waals surface area (Å²) in [6.45, 7) is 5.63. The third-order valence-corrected chi connectivity index (χ3v) is 3.02. The Hall–Kier alpha value is -2.41. The number of amides is 1. The summed E-state index contributed by atoms with van der Waals surface area (Å²) in [5.74, 6) is -0.474. The van der Waals surface area contributed by atoms with E-state index in [4.69, 9.17) is 4.84 Å². The van der Waals surface area contributed by atoms with Crippen molar-refractivity contribution in [1.82, 2.24) is 14.6 Å². The van der Waals surface area contributed by atoms with Gasteiger partial charge in [0.2, 0.25) is 6.41 Å². The van der Waals surface area contributed by atoms with Gasteiger partial charge in [-0.2, -0.15) is 0 Å². The van der Waals surface area contributed by atoms with E-state index in [1.165, 1.54) is 6.07 Å². The second kappa shape index (κ2) is 5.76. The van der Waals surface area contributed by atoms with Gasteiger partial charge in [-0.25, -0.2) is 14.8 Å². The van der Waals surface area contributed by atoms with E-state index in [0.29, 0.717) is 23.3 Å². The zero-order chi connectivity index (χ0) is 16.5. The highest BCUT2D eigenvalue weighted by molar-refractivity contribution is 6.01. The fourth-order valence-electron chi connectivity index (χ4n) is 2.21. The summed E-state index contributed by atoms with van der Waals surface area (Å²) in [5.41, 5.74) is 0.747. The van der Waals surface area contributed by atoms with Crippen LogP contribution in [0.3, 0.4) is 0 Å². The van der Waals surface area contributed by atoms with Crippen LogP contribution in [0.1, 0.15) is 37.0 Å². The molecule has 1 heterocycles. The lowest BCUT2D eigenvalue weighted by Crippen LogP contribution is -2.33. The van der Waals surface area contributed by atoms with Crippen molar-refractivity contribution in [2.45, 2.75) is 32.9 Å². The number of carboxylic acids is 1. The van der Waals surface area contributed by atoms with Crippen molar-refractivity contribution >= 4 is 23.4 Å². The first kappa shape index (κ1) is 16.0. The molecule has 7 nitrogen and oxygen atoms in total. The number of benzene rings is 1. The quantitative estimate of drug-likeness (QED) is 0.674. The van der Waals surface area contributed by atoms with Crippen molar-refractivity contribution in [1.29, 1.82) is 0 Å². The molecule has 1 aromatic carbocycles. The number of para-hydroxylation sites is 1. The van der Waals surface area contributed by atoms with Gasteiger partial charge in [-0.15, -0.1) is 0 Å². The van der Waals surface area contributed by atoms with Crippen molar-refractivity contribution in [2.24, 2.45) is 7.05 Å². The standard InChI is InChI=1S/C15H19N3O4/c1-15(2,3)22-18(9-19)8-12-16-11-7-5-6-10(14(20)21)13(11)17(12)4/h5-7,9H,8H2,1-4H3,(H,20,21). The first-order valence-corrected chi connectivity index (χ1v) is 6.81. The Bertz CT molecular complexity index is 715. The fraction of sp³-hybridized carbons (Fsp3) is 0.400. The summed E-state index contributed by atoms with van der Waals surface area (Å²) in [7, 11) is 1.72. The van der Waals surface area contributed by atoms with Crippen LogP contribution in [-0.4, -0.2) is 37.7 Å². The first-order valence-electron chi connectivity index (χ1n) is 6.81. The second-order valence-corrected chi connectivity index (χ2v) is 5.95. The van der Waals surface area contributed by atoms with E-state index in [1.54, 1.807) is 23.7 Å². The molecule has 1 aromatic heterocycles. The number of rotatable bonds is 5. The van der Waals surface area contributed by atoms with Crippen LogP contribution >= 0.6 is 0 Å². The SMILES string of the molecule is Cn1c(CN(C=O)OC(C)(C)C)nc2cccc(C(=O)O)c21. The minimum Gasteiger partial charge on any atom is -0.478 e. The molecule has 1 N–H and O–H groups in total. The highest BCUT2D eigenvalue weighted by Crippen LogP contribution is 2.21. The molecule has 0 radical (unpaired) electrons. The largest absolute Gasteiger partial charge is 0.478 e. The van der Waals surface area contributed by atoms with Gasteiger partial charge in [0.15, 0.2) is 0 Å². The van der Waals surface area contributed by atoms with Gasteiger partial charge in [-0.05, 0) is 32.9 Å². The van der Waals surface area contributed by atoms with Crippen molar-refractivity contribution in [3.8, 4) is 0 Å². The number of nitrogens with zero attached hydrogens (tertiary/aromatic N) is 3. The first-order chi connectivity index (χ1) is 10.2. The topological polar surface area (TPSA) is 84.7 Å². The molecule has 0 aliphatic heterocycles. The number of hydrogen-bond acceptors (Lipinski definition) is 4. The molecule has 0 unspecified atom stereocenters. The number of hydroxylamine groups is 2. The maximum Gasteiger partial charge on any atom is 0.337 e. The molecule has 22 heavy (non-hydrogen) atoms. The number of aromatic carboxylic acids is 1. The molecule has 7 heteroatoms. The lowest BCUT2D eigenvalue weighted by Gasteiger charge is -2.26. The summed E-state index contributed by atoms with van der Waals surface area (Å²) < 4.78 is 1.67. The van der Waals surface area contributed by atoms with E-state index in [2.05, 4.69) is 4.98 Å². The third kappa shape index (κ3) is 3.25.